The summed E-state index contributed by atoms with van der Waals surface area (Å²) in [6.07, 6.45) is 0.853. The van der Waals surface area contributed by atoms with E-state index < -0.39 is 0 Å². The number of H-pyrrole nitrogens is 1. The van der Waals surface area contributed by atoms with Crippen molar-refractivity contribution in [1.82, 2.24) is 24.7 Å². The molecule has 0 radical (unpaired) electrons. The topological polar surface area (TPSA) is 85.7 Å². The van der Waals surface area contributed by atoms with Gasteiger partial charge in [-0.1, -0.05) is 42.1 Å². The second kappa shape index (κ2) is 9.60. The molecule has 0 aliphatic rings. The van der Waals surface area contributed by atoms with Gasteiger partial charge in [0, 0.05) is 12.1 Å². The summed E-state index contributed by atoms with van der Waals surface area (Å²) in [5, 5.41) is 11.6. The number of aromatic nitrogens is 5. The number of benzene rings is 2. The molecule has 1 N–H and O–H groups in total. The van der Waals surface area contributed by atoms with Crippen molar-refractivity contribution in [3.8, 4) is 17.1 Å². The number of hydrogen-bond acceptors (Lipinski definition) is 7. The molecule has 5 aromatic rings. The zero-order valence-electron chi connectivity index (χ0n) is 17.9. The minimum atomic E-state index is -0.102. The maximum atomic E-state index is 12.3. The zero-order chi connectivity index (χ0) is 22.6. The first-order valence-electron chi connectivity index (χ1n) is 10.4. The number of thioether (sulfide) groups is 1. The monoisotopic (exact) mass is 475 g/mol. The van der Waals surface area contributed by atoms with Crippen molar-refractivity contribution in [3.63, 3.8) is 0 Å². The van der Waals surface area contributed by atoms with Gasteiger partial charge in [0.25, 0.3) is 5.56 Å². The van der Waals surface area contributed by atoms with Gasteiger partial charge >= 0.3 is 0 Å². The second-order valence-corrected chi connectivity index (χ2v) is 9.22. The second-order valence-electron chi connectivity index (χ2n) is 7.36. The summed E-state index contributed by atoms with van der Waals surface area (Å²) in [7, 11) is 1.65. The molecule has 3 aromatic heterocycles. The predicted molar refractivity (Wildman–Crippen MR) is 132 cm³/mol. The van der Waals surface area contributed by atoms with Crippen LogP contribution in [0.1, 0.15) is 11.4 Å². The van der Waals surface area contributed by atoms with Crippen LogP contribution in [-0.2, 0) is 18.7 Å². The molecule has 0 saturated heterocycles. The third-order valence-corrected chi connectivity index (χ3v) is 7.11. The lowest BCUT2D eigenvalue weighted by Gasteiger charge is -2.11. The highest BCUT2D eigenvalue weighted by molar-refractivity contribution is 7.98. The van der Waals surface area contributed by atoms with E-state index in [0.29, 0.717) is 16.3 Å². The van der Waals surface area contributed by atoms with Crippen LogP contribution < -0.4 is 10.3 Å². The number of thiophene rings is 1. The van der Waals surface area contributed by atoms with Gasteiger partial charge in [-0.3, -0.25) is 4.79 Å². The number of aromatic amines is 1. The van der Waals surface area contributed by atoms with Crippen molar-refractivity contribution < 1.29 is 4.74 Å². The molecular weight excluding hydrogens is 454 g/mol. The number of rotatable bonds is 8. The van der Waals surface area contributed by atoms with Gasteiger partial charge < -0.3 is 14.3 Å². The van der Waals surface area contributed by atoms with E-state index in [-0.39, 0.29) is 5.56 Å². The number of nitrogens with one attached hydrogen (secondary N) is 1. The van der Waals surface area contributed by atoms with Gasteiger partial charge in [0.1, 0.15) is 16.3 Å². The van der Waals surface area contributed by atoms with E-state index in [4.69, 9.17) is 4.74 Å². The third-order valence-electron chi connectivity index (χ3n) is 5.23. The summed E-state index contributed by atoms with van der Waals surface area (Å²) >= 11 is 2.91. The molecule has 0 saturated carbocycles. The highest BCUT2D eigenvalue weighted by Gasteiger charge is 2.16. The Balaban J connectivity index is 1.43. The van der Waals surface area contributed by atoms with E-state index in [1.54, 1.807) is 7.11 Å². The molecule has 0 bridgehead atoms. The molecule has 0 unspecified atom stereocenters. The van der Waals surface area contributed by atoms with E-state index in [1.807, 2.05) is 53.9 Å². The maximum Gasteiger partial charge on any atom is 0.268 e. The van der Waals surface area contributed by atoms with E-state index in [0.717, 1.165) is 40.8 Å². The Bertz CT molecular complexity index is 1430. The van der Waals surface area contributed by atoms with Crippen molar-refractivity contribution in [2.45, 2.75) is 23.9 Å². The Labute approximate surface area is 198 Å². The zero-order valence-corrected chi connectivity index (χ0v) is 19.5. The normalized spacial score (nSPS) is 11.2. The Hall–Kier alpha value is -3.43. The fourth-order valence-corrected chi connectivity index (χ4v) is 5.12. The van der Waals surface area contributed by atoms with Crippen molar-refractivity contribution in [2.24, 2.45) is 0 Å². The van der Waals surface area contributed by atoms with Crippen LogP contribution in [0.15, 0.2) is 76.0 Å². The molecule has 0 fully saturated rings. The number of hydrogen-bond donors (Lipinski definition) is 1. The highest BCUT2D eigenvalue weighted by Crippen LogP contribution is 2.27. The van der Waals surface area contributed by atoms with Gasteiger partial charge in [-0.05, 0) is 47.7 Å². The number of methoxy groups -OCH3 is 1. The maximum absolute atomic E-state index is 12.3. The van der Waals surface area contributed by atoms with E-state index >= 15 is 0 Å². The Morgan fingerprint density at radius 2 is 1.88 bits per heavy atom. The van der Waals surface area contributed by atoms with Crippen LogP contribution in [0.5, 0.6) is 5.75 Å². The first-order chi connectivity index (χ1) is 16.2. The number of aryl methyl sites for hydroxylation is 1. The molecule has 3 heterocycles. The fourth-order valence-electron chi connectivity index (χ4n) is 3.56. The van der Waals surface area contributed by atoms with Crippen LogP contribution in [0, 0.1) is 0 Å². The van der Waals surface area contributed by atoms with Gasteiger partial charge in [-0.25, -0.2) is 4.98 Å². The average molecular weight is 476 g/mol. The minimum Gasteiger partial charge on any atom is -0.497 e. The van der Waals surface area contributed by atoms with Crippen molar-refractivity contribution >= 4 is 33.3 Å². The summed E-state index contributed by atoms with van der Waals surface area (Å²) in [5.41, 5.74) is 2.84. The Morgan fingerprint density at radius 1 is 1.06 bits per heavy atom. The largest absolute Gasteiger partial charge is 0.497 e. The summed E-state index contributed by atoms with van der Waals surface area (Å²) in [5.74, 6) is 2.71. The van der Waals surface area contributed by atoms with Gasteiger partial charge in [0.05, 0.1) is 18.4 Å². The van der Waals surface area contributed by atoms with E-state index in [1.165, 1.54) is 28.7 Å². The van der Waals surface area contributed by atoms with Crippen molar-refractivity contribution in [3.05, 3.63) is 87.8 Å². The molecule has 33 heavy (non-hydrogen) atoms. The highest BCUT2D eigenvalue weighted by atomic mass is 32.2. The van der Waals surface area contributed by atoms with Crippen LogP contribution >= 0.6 is 23.1 Å². The van der Waals surface area contributed by atoms with Crippen molar-refractivity contribution in [2.75, 3.05) is 7.11 Å². The minimum absolute atomic E-state index is 0.102. The van der Waals surface area contributed by atoms with Gasteiger partial charge in [-0.2, -0.15) is 0 Å². The summed E-state index contributed by atoms with van der Waals surface area (Å²) in [4.78, 5) is 19.8. The van der Waals surface area contributed by atoms with Crippen LogP contribution in [0.3, 0.4) is 0 Å². The number of nitrogens with zero attached hydrogens (tertiary/aromatic N) is 4. The summed E-state index contributed by atoms with van der Waals surface area (Å²) in [6, 6.07) is 20.0. The van der Waals surface area contributed by atoms with E-state index in [9.17, 15) is 4.79 Å². The van der Waals surface area contributed by atoms with Gasteiger partial charge in [0.15, 0.2) is 11.0 Å². The summed E-state index contributed by atoms with van der Waals surface area (Å²) < 4.78 is 8.06. The molecule has 0 atom stereocenters. The number of ether oxygens (including phenoxy) is 1. The van der Waals surface area contributed by atoms with Gasteiger partial charge in [-0.15, -0.1) is 21.5 Å². The molecule has 0 spiro atoms. The molecule has 9 heteroatoms. The quantitative estimate of drug-likeness (QED) is 0.325. The van der Waals surface area contributed by atoms with Crippen LogP contribution in [0.2, 0.25) is 0 Å². The lowest BCUT2D eigenvalue weighted by molar-refractivity contribution is 0.415. The standard InChI is InChI=1S/C24H21N5O2S2/c1-31-18-9-7-17(8-10-18)22-27-28-24(29(22)13-11-16-5-3-2-4-6-16)33-15-20-25-19-12-14-32-21(19)23(30)26-20/h2-10,12,14H,11,13,15H2,1H3,(H,25,26,30). The Kier molecular flexibility index (Phi) is 6.23. The summed E-state index contributed by atoms with van der Waals surface area (Å²) in [6.45, 7) is 0.730. The van der Waals surface area contributed by atoms with E-state index in [2.05, 4.69) is 36.9 Å². The number of fused-ring (bicyclic) bond motifs is 1. The average Bonchev–Trinajstić information content (AvgIpc) is 3.49. The lowest BCUT2D eigenvalue weighted by atomic mass is 10.1. The molecule has 0 amide bonds. The molecule has 5 rings (SSSR count). The predicted octanol–water partition coefficient (Wildman–Crippen LogP) is 4.79. The lowest BCUT2D eigenvalue weighted by Crippen LogP contribution is -2.10. The molecule has 7 nitrogen and oxygen atoms in total. The molecule has 166 valence electrons. The van der Waals surface area contributed by atoms with Crippen LogP contribution in [0.25, 0.3) is 21.6 Å². The third kappa shape index (κ3) is 4.69. The molecule has 2 aromatic carbocycles. The molecule has 0 aliphatic heterocycles. The first kappa shape index (κ1) is 21.4. The van der Waals surface area contributed by atoms with Crippen LogP contribution in [-0.4, -0.2) is 31.8 Å². The SMILES string of the molecule is COc1ccc(-c2nnc(SCc3nc4ccsc4c(=O)[nH]3)n2CCc2ccccc2)cc1. The molecule has 0 aliphatic carbocycles. The Morgan fingerprint density at radius 3 is 2.67 bits per heavy atom. The van der Waals surface area contributed by atoms with Crippen LogP contribution in [0.4, 0.5) is 0 Å². The molecular formula is C24H21N5O2S2. The smallest absolute Gasteiger partial charge is 0.268 e. The van der Waals surface area contributed by atoms with Crippen molar-refractivity contribution in [1.29, 1.82) is 0 Å². The first-order valence-corrected chi connectivity index (χ1v) is 12.3. The van der Waals surface area contributed by atoms with Gasteiger partial charge in [0.2, 0.25) is 0 Å². The fraction of sp³-hybridized carbons (Fsp3) is 0.167.